The number of benzene rings is 3. The third-order valence-electron chi connectivity index (χ3n) is 4.35. The molecule has 1 aliphatic rings. The smallest absolute Gasteiger partial charge is 0.0991 e. The summed E-state index contributed by atoms with van der Waals surface area (Å²) in [5.74, 6) is 0.804. The molecule has 0 aromatic heterocycles. The lowest BCUT2D eigenvalue weighted by Gasteiger charge is -2.08. The van der Waals surface area contributed by atoms with Crippen LogP contribution in [-0.2, 0) is 11.3 Å². The predicted octanol–water partition coefficient (Wildman–Crippen LogP) is 4.79. The standard InChI is InChI=1S/C20H17NO/c21-11-15-3-7-19-17(9-15)5-6-18-10-16(4-8-20(18)19)13-22-12-14-1-2-14/h3-10,14H,1-2,12-13H2. The minimum Gasteiger partial charge on any atom is -0.376 e. The van der Waals surface area contributed by atoms with Crippen LogP contribution in [0.4, 0.5) is 0 Å². The topological polar surface area (TPSA) is 33.0 Å². The van der Waals surface area contributed by atoms with E-state index in [4.69, 9.17) is 10.00 Å². The molecule has 0 bridgehead atoms. The van der Waals surface area contributed by atoms with Crippen molar-refractivity contribution in [2.24, 2.45) is 5.92 Å². The lowest BCUT2D eigenvalue weighted by molar-refractivity contribution is 0.111. The molecule has 3 aromatic carbocycles. The fourth-order valence-electron chi connectivity index (χ4n) is 2.91. The van der Waals surface area contributed by atoms with Crippen LogP contribution in [0.2, 0.25) is 0 Å². The zero-order chi connectivity index (χ0) is 14.9. The van der Waals surface area contributed by atoms with Crippen LogP contribution < -0.4 is 0 Å². The van der Waals surface area contributed by atoms with Gasteiger partial charge in [0.25, 0.3) is 0 Å². The summed E-state index contributed by atoms with van der Waals surface area (Å²) in [4.78, 5) is 0. The molecule has 4 rings (SSSR count). The highest BCUT2D eigenvalue weighted by Crippen LogP contribution is 2.30. The Bertz CT molecular complexity index is 887. The van der Waals surface area contributed by atoms with Crippen molar-refractivity contribution in [2.45, 2.75) is 19.4 Å². The second kappa shape index (κ2) is 5.44. The number of fused-ring (bicyclic) bond motifs is 3. The molecule has 2 nitrogen and oxygen atoms in total. The van der Waals surface area contributed by atoms with Crippen LogP contribution in [0, 0.1) is 17.2 Å². The van der Waals surface area contributed by atoms with Gasteiger partial charge in [-0.2, -0.15) is 5.26 Å². The summed E-state index contributed by atoms with van der Waals surface area (Å²) < 4.78 is 5.77. The summed E-state index contributed by atoms with van der Waals surface area (Å²) in [5, 5.41) is 13.8. The van der Waals surface area contributed by atoms with Crippen LogP contribution in [0.5, 0.6) is 0 Å². The second-order valence-electron chi connectivity index (χ2n) is 6.13. The Balaban J connectivity index is 1.67. The molecule has 0 atom stereocenters. The molecule has 1 saturated carbocycles. The molecule has 0 spiro atoms. The minimum atomic E-state index is 0.692. The van der Waals surface area contributed by atoms with Crippen molar-refractivity contribution in [3.05, 3.63) is 59.7 Å². The highest BCUT2D eigenvalue weighted by Gasteiger charge is 2.21. The number of ether oxygens (including phenoxy) is 1. The van der Waals surface area contributed by atoms with Crippen LogP contribution in [0.3, 0.4) is 0 Å². The minimum absolute atomic E-state index is 0.692. The molecule has 0 aliphatic heterocycles. The molecular weight excluding hydrogens is 270 g/mol. The Labute approximate surface area is 129 Å². The summed E-state index contributed by atoms with van der Waals surface area (Å²) in [5.41, 5.74) is 1.93. The van der Waals surface area contributed by atoms with Crippen LogP contribution in [0.15, 0.2) is 48.5 Å². The first-order valence-electron chi connectivity index (χ1n) is 7.77. The first kappa shape index (κ1) is 13.3. The largest absolute Gasteiger partial charge is 0.376 e. The lowest BCUT2D eigenvalue weighted by atomic mass is 9.99. The third-order valence-corrected chi connectivity index (χ3v) is 4.35. The molecule has 3 aromatic rings. The van der Waals surface area contributed by atoms with Gasteiger partial charge in [-0.15, -0.1) is 0 Å². The molecule has 0 unspecified atom stereocenters. The summed E-state index contributed by atoms with van der Waals surface area (Å²) in [6.45, 7) is 1.59. The highest BCUT2D eigenvalue weighted by atomic mass is 16.5. The average molecular weight is 287 g/mol. The number of nitrogens with zero attached hydrogens (tertiary/aromatic N) is 1. The van der Waals surface area contributed by atoms with E-state index in [0.29, 0.717) is 12.2 Å². The first-order valence-corrected chi connectivity index (χ1v) is 7.77. The Morgan fingerprint density at radius 2 is 1.68 bits per heavy atom. The Hall–Kier alpha value is -2.37. The van der Waals surface area contributed by atoms with Gasteiger partial charge in [0, 0.05) is 6.61 Å². The maximum Gasteiger partial charge on any atom is 0.0991 e. The van der Waals surface area contributed by atoms with E-state index in [9.17, 15) is 0 Å². The molecule has 0 heterocycles. The number of nitriles is 1. The highest BCUT2D eigenvalue weighted by molar-refractivity contribution is 6.07. The van der Waals surface area contributed by atoms with E-state index in [1.165, 1.54) is 34.6 Å². The number of hydrogen-bond acceptors (Lipinski definition) is 2. The van der Waals surface area contributed by atoms with Gasteiger partial charge in [0.1, 0.15) is 0 Å². The zero-order valence-corrected chi connectivity index (χ0v) is 12.4. The summed E-state index contributed by atoms with van der Waals surface area (Å²) >= 11 is 0. The third kappa shape index (κ3) is 2.56. The monoisotopic (exact) mass is 287 g/mol. The van der Waals surface area contributed by atoms with E-state index in [1.807, 2.05) is 18.2 Å². The van der Waals surface area contributed by atoms with Gasteiger partial charge in [-0.25, -0.2) is 0 Å². The number of rotatable bonds is 4. The summed E-state index contributed by atoms with van der Waals surface area (Å²) in [6, 6.07) is 18.8. The molecule has 0 saturated heterocycles. The van der Waals surface area contributed by atoms with Crippen molar-refractivity contribution in [3.8, 4) is 6.07 Å². The zero-order valence-electron chi connectivity index (χ0n) is 12.4. The molecule has 1 aliphatic carbocycles. The fourth-order valence-corrected chi connectivity index (χ4v) is 2.91. The van der Waals surface area contributed by atoms with E-state index in [-0.39, 0.29) is 0 Å². The average Bonchev–Trinajstić information content (AvgIpc) is 3.38. The van der Waals surface area contributed by atoms with E-state index >= 15 is 0 Å². The van der Waals surface area contributed by atoms with Crippen LogP contribution in [-0.4, -0.2) is 6.61 Å². The van der Waals surface area contributed by atoms with Crippen molar-refractivity contribution < 1.29 is 4.74 Å². The van der Waals surface area contributed by atoms with Gasteiger partial charge in [0.2, 0.25) is 0 Å². The van der Waals surface area contributed by atoms with Gasteiger partial charge < -0.3 is 4.74 Å². The van der Waals surface area contributed by atoms with E-state index in [2.05, 4.69) is 36.4 Å². The van der Waals surface area contributed by atoms with Crippen molar-refractivity contribution in [1.82, 2.24) is 0 Å². The Kier molecular flexibility index (Phi) is 3.29. The van der Waals surface area contributed by atoms with Crippen molar-refractivity contribution in [1.29, 1.82) is 5.26 Å². The normalized spacial score (nSPS) is 14.3. The van der Waals surface area contributed by atoms with Crippen molar-refractivity contribution >= 4 is 21.5 Å². The molecule has 0 amide bonds. The molecule has 2 heteroatoms. The lowest BCUT2D eigenvalue weighted by Crippen LogP contribution is -1.96. The SMILES string of the molecule is N#Cc1ccc2c(ccc3cc(COCC4CC4)ccc32)c1. The fraction of sp³-hybridized carbons (Fsp3) is 0.250. The maximum absolute atomic E-state index is 9.01. The van der Waals surface area contributed by atoms with Crippen LogP contribution >= 0.6 is 0 Å². The first-order chi connectivity index (χ1) is 10.8. The van der Waals surface area contributed by atoms with Gasteiger partial charge in [0.15, 0.2) is 0 Å². The second-order valence-corrected chi connectivity index (χ2v) is 6.13. The number of hydrogen-bond donors (Lipinski definition) is 0. The van der Waals surface area contributed by atoms with Gasteiger partial charge >= 0.3 is 0 Å². The molecule has 0 radical (unpaired) electrons. The predicted molar refractivity (Wildman–Crippen MR) is 88.5 cm³/mol. The van der Waals surface area contributed by atoms with Crippen LogP contribution in [0.1, 0.15) is 24.0 Å². The van der Waals surface area contributed by atoms with Crippen molar-refractivity contribution in [2.75, 3.05) is 6.61 Å². The van der Waals surface area contributed by atoms with E-state index < -0.39 is 0 Å². The van der Waals surface area contributed by atoms with Gasteiger partial charge in [-0.3, -0.25) is 0 Å². The molecule has 0 N–H and O–H groups in total. The van der Waals surface area contributed by atoms with E-state index in [1.54, 1.807) is 0 Å². The Morgan fingerprint density at radius 3 is 2.41 bits per heavy atom. The molecule has 22 heavy (non-hydrogen) atoms. The maximum atomic E-state index is 9.01. The van der Waals surface area contributed by atoms with Gasteiger partial charge in [-0.05, 0) is 64.1 Å². The molecule has 108 valence electrons. The Morgan fingerprint density at radius 1 is 0.955 bits per heavy atom. The summed E-state index contributed by atoms with van der Waals surface area (Å²) in [6.07, 6.45) is 2.66. The van der Waals surface area contributed by atoms with Gasteiger partial charge in [-0.1, -0.05) is 30.3 Å². The quantitative estimate of drug-likeness (QED) is 0.646. The van der Waals surface area contributed by atoms with Crippen molar-refractivity contribution in [3.63, 3.8) is 0 Å². The summed E-state index contributed by atoms with van der Waals surface area (Å²) in [7, 11) is 0. The molecule has 1 fully saturated rings. The van der Waals surface area contributed by atoms with Gasteiger partial charge in [0.05, 0.1) is 18.2 Å². The van der Waals surface area contributed by atoms with E-state index in [0.717, 1.165) is 17.9 Å². The van der Waals surface area contributed by atoms with Crippen LogP contribution in [0.25, 0.3) is 21.5 Å². The molecular formula is C20H17NO.